The van der Waals surface area contributed by atoms with Gasteiger partial charge in [0.1, 0.15) is 18.4 Å². The van der Waals surface area contributed by atoms with E-state index in [4.69, 9.17) is 0 Å². The molecule has 4 aromatic rings. The number of nitrogens with zero attached hydrogens (tertiary/aromatic N) is 2. The molecule has 4 rings (SSSR count). The maximum absolute atomic E-state index is 15.1. The summed E-state index contributed by atoms with van der Waals surface area (Å²) in [6, 6.07) is 27.6. The van der Waals surface area contributed by atoms with Crippen LogP contribution in [0.25, 0.3) is 0 Å². The first-order valence-electron chi connectivity index (χ1n) is 16.0. The Balaban J connectivity index is 1.82. The van der Waals surface area contributed by atoms with E-state index in [0.29, 0.717) is 12.1 Å². The molecule has 0 fully saturated rings. The van der Waals surface area contributed by atoms with Crippen molar-refractivity contribution in [2.45, 2.75) is 76.9 Å². The molecule has 4 aromatic carbocycles. The standard InChI is InChI=1S/C38H44FN3O4S/c1-6-29(5)40-38(44)36(24-30-12-8-7-9-13-30)41(25-32-14-10-11-15-35(32)39)37(43)26-42(33-20-18-31(19-21-33)27(2)3)47(45,46)34-22-16-28(4)17-23-34/h7-23,27,29,36H,6,24-26H2,1-5H3,(H,40,44)/t29-,36-/m0/s1. The monoisotopic (exact) mass is 657 g/mol. The van der Waals surface area contributed by atoms with Crippen LogP contribution in [-0.4, -0.2) is 43.8 Å². The Morgan fingerprint density at radius 2 is 1.45 bits per heavy atom. The molecule has 248 valence electrons. The molecule has 47 heavy (non-hydrogen) atoms. The molecule has 2 atom stereocenters. The minimum Gasteiger partial charge on any atom is -0.352 e. The minimum absolute atomic E-state index is 0.0276. The van der Waals surface area contributed by atoms with Gasteiger partial charge in [-0.15, -0.1) is 0 Å². The number of anilines is 1. The van der Waals surface area contributed by atoms with Crippen LogP contribution in [0.3, 0.4) is 0 Å². The molecule has 0 saturated carbocycles. The van der Waals surface area contributed by atoms with Gasteiger partial charge < -0.3 is 10.2 Å². The van der Waals surface area contributed by atoms with Crippen LogP contribution in [0, 0.1) is 12.7 Å². The highest BCUT2D eigenvalue weighted by atomic mass is 32.2. The summed E-state index contributed by atoms with van der Waals surface area (Å²) in [5.41, 5.74) is 3.22. The number of amides is 2. The van der Waals surface area contributed by atoms with E-state index in [9.17, 15) is 18.0 Å². The normalized spacial score (nSPS) is 12.7. The van der Waals surface area contributed by atoms with Crippen molar-refractivity contribution < 1.29 is 22.4 Å². The van der Waals surface area contributed by atoms with Gasteiger partial charge in [0.15, 0.2) is 0 Å². The predicted molar refractivity (Wildman–Crippen MR) is 185 cm³/mol. The molecule has 0 bridgehead atoms. The van der Waals surface area contributed by atoms with E-state index in [1.165, 1.54) is 23.1 Å². The summed E-state index contributed by atoms with van der Waals surface area (Å²) in [4.78, 5) is 29.8. The Morgan fingerprint density at radius 3 is 2.04 bits per heavy atom. The van der Waals surface area contributed by atoms with Gasteiger partial charge >= 0.3 is 0 Å². The summed E-state index contributed by atoms with van der Waals surface area (Å²) in [5.74, 6) is -1.36. The van der Waals surface area contributed by atoms with Crippen molar-refractivity contribution in [3.63, 3.8) is 0 Å². The third kappa shape index (κ3) is 9.07. The van der Waals surface area contributed by atoms with Gasteiger partial charge in [-0.2, -0.15) is 0 Å². The van der Waals surface area contributed by atoms with Gasteiger partial charge in [-0.25, -0.2) is 12.8 Å². The van der Waals surface area contributed by atoms with E-state index in [-0.39, 0.29) is 35.4 Å². The van der Waals surface area contributed by atoms with Crippen LogP contribution in [0.2, 0.25) is 0 Å². The van der Waals surface area contributed by atoms with Gasteiger partial charge in [0.25, 0.3) is 10.0 Å². The van der Waals surface area contributed by atoms with Gasteiger partial charge in [-0.05, 0) is 67.6 Å². The van der Waals surface area contributed by atoms with E-state index in [1.54, 1.807) is 42.5 Å². The molecule has 0 aliphatic heterocycles. The lowest BCUT2D eigenvalue weighted by Gasteiger charge is -2.34. The Hall–Kier alpha value is -4.50. The summed E-state index contributed by atoms with van der Waals surface area (Å²) in [7, 11) is -4.23. The SMILES string of the molecule is CC[C@H](C)NC(=O)[C@H](Cc1ccccc1)N(Cc1ccccc1F)C(=O)CN(c1ccc(C(C)C)cc1)S(=O)(=O)c1ccc(C)cc1. The second kappa shape index (κ2) is 15.9. The van der Waals surface area contributed by atoms with Crippen LogP contribution in [0.4, 0.5) is 10.1 Å². The van der Waals surface area contributed by atoms with Gasteiger partial charge in [0, 0.05) is 24.6 Å². The first kappa shape index (κ1) is 35.4. The number of halogens is 1. The molecule has 0 aromatic heterocycles. The fourth-order valence-corrected chi connectivity index (χ4v) is 6.61. The zero-order chi connectivity index (χ0) is 34.1. The van der Waals surface area contributed by atoms with Gasteiger partial charge in [-0.3, -0.25) is 13.9 Å². The van der Waals surface area contributed by atoms with Gasteiger partial charge in [-0.1, -0.05) is 99.1 Å². The maximum Gasteiger partial charge on any atom is 0.264 e. The largest absolute Gasteiger partial charge is 0.352 e. The van der Waals surface area contributed by atoms with Crippen LogP contribution < -0.4 is 9.62 Å². The Bertz CT molecular complexity index is 1740. The Kier molecular flexibility index (Phi) is 11.9. The van der Waals surface area contributed by atoms with Crippen LogP contribution in [0.15, 0.2) is 108 Å². The molecule has 0 heterocycles. The van der Waals surface area contributed by atoms with E-state index in [1.807, 2.05) is 77.1 Å². The summed E-state index contributed by atoms with van der Waals surface area (Å²) in [6.45, 7) is 8.92. The molecule has 0 radical (unpaired) electrons. The molecule has 1 N–H and O–H groups in total. The number of rotatable bonds is 14. The van der Waals surface area contributed by atoms with Gasteiger partial charge in [0.2, 0.25) is 11.8 Å². The smallest absolute Gasteiger partial charge is 0.264 e. The molecule has 2 amide bonds. The summed E-state index contributed by atoms with van der Waals surface area (Å²) in [5, 5.41) is 2.99. The Labute approximate surface area is 278 Å². The average Bonchev–Trinajstić information content (AvgIpc) is 3.06. The summed E-state index contributed by atoms with van der Waals surface area (Å²) in [6.07, 6.45) is 0.817. The summed E-state index contributed by atoms with van der Waals surface area (Å²) >= 11 is 0. The minimum atomic E-state index is -4.23. The highest BCUT2D eigenvalue weighted by molar-refractivity contribution is 7.92. The number of hydrogen-bond donors (Lipinski definition) is 1. The number of nitrogens with one attached hydrogen (secondary N) is 1. The van der Waals surface area contributed by atoms with Crippen molar-refractivity contribution in [3.05, 3.63) is 131 Å². The first-order chi connectivity index (χ1) is 22.4. The van der Waals surface area contributed by atoms with Crippen molar-refractivity contribution in [2.24, 2.45) is 0 Å². The van der Waals surface area contributed by atoms with Crippen molar-refractivity contribution >= 4 is 27.5 Å². The van der Waals surface area contributed by atoms with E-state index in [2.05, 4.69) is 5.32 Å². The number of carbonyl (C=O) groups excluding carboxylic acids is 2. The third-order valence-corrected chi connectivity index (χ3v) is 10.1. The number of carbonyl (C=O) groups is 2. The quantitative estimate of drug-likeness (QED) is 0.158. The maximum atomic E-state index is 15.1. The van der Waals surface area contributed by atoms with Gasteiger partial charge in [0.05, 0.1) is 10.6 Å². The number of aryl methyl sites for hydroxylation is 1. The lowest BCUT2D eigenvalue weighted by molar-refractivity contribution is -0.140. The zero-order valence-electron chi connectivity index (χ0n) is 27.7. The molecule has 0 unspecified atom stereocenters. The van der Waals surface area contributed by atoms with Crippen molar-refractivity contribution in [3.8, 4) is 0 Å². The number of benzene rings is 4. The molecule has 0 aliphatic carbocycles. The molecule has 0 aliphatic rings. The topological polar surface area (TPSA) is 86.8 Å². The third-order valence-electron chi connectivity index (χ3n) is 8.31. The van der Waals surface area contributed by atoms with E-state index < -0.39 is 40.2 Å². The first-order valence-corrected chi connectivity index (χ1v) is 17.4. The zero-order valence-corrected chi connectivity index (χ0v) is 28.5. The fraction of sp³-hybridized carbons (Fsp3) is 0.316. The second-order valence-electron chi connectivity index (χ2n) is 12.2. The van der Waals surface area contributed by atoms with Crippen LogP contribution in [-0.2, 0) is 32.6 Å². The van der Waals surface area contributed by atoms with Crippen molar-refractivity contribution in [1.29, 1.82) is 0 Å². The van der Waals surface area contributed by atoms with Crippen LogP contribution >= 0.6 is 0 Å². The van der Waals surface area contributed by atoms with E-state index in [0.717, 1.165) is 21.0 Å². The van der Waals surface area contributed by atoms with Crippen LogP contribution in [0.1, 0.15) is 62.3 Å². The highest BCUT2D eigenvalue weighted by Gasteiger charge is 2.35. The predicted octanol–water partition coefficient (Wildman–Crippen LogP) is 7.01. The molecule has 7 nitrogen and oxygen atoms in total. The molecule has 0 spiro atoms. The summed E-state index contributed by atoms with van der Waals surface area (Å²) < 4.78 is 44.6. The molecule has 0 saturated heterocycles. The lowest BCUT2D eigenvalue weighted by atomic mass is 10.0. The number of sulfonamides is 1. The Morgan fingerprint density at radius 1 is 0.830 bits per heavy atom. The molecule has 9 heteroatoms. The second-order valence-corrected chi connectivity index (χ2v) is 14.1. The lowest BCUT2D eigenvalue weighted by Crippen LogP contribution is -2.54. The average molecular weight is 658 g/mol. The van der Waals surface area contributed by atoms with Crippen molar-refractivity contribution in [1.82, 2.24) is 10.2 Å². The number of hydrogen-bond acceptors (Lipinski definition) is 4. The highest BCUT2D eigenvalue weighted by Crippen LogP contribution is 2.27. The van der Waals surface area contributed by atoms with Crippen LogP contribution in [0.5, 0.6) is 0 Å². The van der Waals surface area contributed by atoms with Crippen molar-refractivity contribution in [2.75, 3.05) is 10.8 Å². The molecular weight excluding hydrogens is 614 g/mol. The van der Waals surface area contributed by atoms with E-state index >= 15 is 4.39 Å². The molecular formula is C38H44FN3O4S. The fourth-order valence-electron chi connectivity index (χ4n) is 5.20.